The topological polar surface area (TPSA) is 95.1 Å². The van der Waals surface area contributed by atoms with E-state index in [9.17, 15) is 17.2 Å². The van der Waals surface area contributed by atoms with Crippen LogP contribution in [0.15, 0.2) is 23.2 Å². The van der Waals surface area contributed by atoms with Gasteiger partial charge in [0.05, 0.1) is 6.61 Å². The lowest BCUT2D eigenvalue weighted by molar-refractivity contribution is 0.277. The Hall–Kier alpha value is -1.84. The first-order valence-electron chi connectivity index (χ1n) is 5.93. The zero-order chi connectivity index (χ0) is 15.6. The molecule has 114 valence electrons. The lowest BCUT2D eigenvalue weighted by atomic mass is 10.2. The Morgan fingerprint density at radius 1 is 1.38 bits per heavy atom. The Balaban J connectivity index is 2.22. The smallest absolute Gasteiger partial charge is 0.260 e. The van der Waals surface area contributed by atoms with Gasteiger partial charge in [0.15, 0.2) is 5.03 Å². The molecule has 21 heavy (non-hydrogen) atoms. The van der Waals surface area contributed by atoms with Gasteiger partial charge in [-0.15, -0.1) is 0 Å². The fraction of sp³-hybridized carbons (Fsp3) is 0.250. The maximum Gasteiger partial charge on any atom is 0.260 e. The van der Waals surface area contributed by atoms with Crippen molar-refractivity contribution in [1.29, 1.82) is 0 Å². The Morgan fingerprint density at radius 3 is 2.71 bits per heavy atom. The molecule has 0 saturated heterocycles. The van der Waals surface area contributed by atoms with Crippen LogP contribution in [0.2, 0.25) is 0 Å². The van der Waals surface area contributed by atoms with E-state index in [1.54, 1.807) is 6.92 Å². The van der Waals surface area contributed by atoms with Crippen LogP contribution in [0.3, 0.4) is 0 Å². The van der Waals surface area contributed by atoms with E-state index < -0.39 is 28.3 Å². The van der Waals surface area contributed by atoms with Crippen LogP contribution in [0.4, 0.5) is 8.78 Å². The second kappa shape index (κ2) is 5.88. The number of aliphatic hydroxyl groups is 1. The molecule has 0 unspecified atom stereocenters. The number of aromatic nitrogens is 2. The quantitative estimate of drug-likeness (QED) is 0.766. The Bertz CT molecular complexity index is 759. The largest absolute Gasteiger partial charge is 0.392 e. The minimum Gasteiger partial charge on any atom is -0.392 e. The second-order valence-corrected chi connectivity index (χ2v) is 6.03. The molecule has 0 aliphatic heterocycles. The Kier molecular flexibility index (Phi) is 4.35. The normalized spacial score (nSPS) is 11.8. The van der Waals surface area contributed by atoms with Gasteiger partial charge in [-0.25, -0.2) is 21.9 Å². The first-order chi connectivity index (χ1) is 9.85. The van der Waals surface area contributed by atoms with E-state index >= 15 is 0 Å². The second-order valence-electron chi connectivity index (χ2n) is 4.35. The SMILES string of the molecule is Cc1[nH]nc(S(=O)(=O)NCc2ccc(F)cc2F)c1CO. The summed E-state index contributed by atoms with van der Waals surface area (Å²) in [5.74, 6) is -1.59. The fourth-order valence-electron chi connectivity index (χ4n) is 1.74. The van der Waals surface area contributed by atoms with Gasteiger partial charge in [-0.2, -0.15) is 5.10 Å². The summed E-state index contributed by atoms with van der Waals surface area (Å²) in [4.78, 5) is 0. The van der Waals surface area contributed by atoms with E-state index in [1.165, 1.54) is 0 Å². The molecule has 2 aromatic rings. The van der Waals surface area contributed by atoms with Crippen LogP contribution >= 0.6 is 0 Å². The van der Waals surface area contributed by atoms with E-state index in [1.807, 2.05) is 0 Å². The lowest BCUT2D eigenvalue weighted by Crippen LogP contribution is -2.25. The van der Waals surface area contributed by atoms with Crippen molar-refractivity contribution in [3.05, 3.63) is 46.7 Å². The molecule has 3 N–H and O–H groups in total. The standard InChI is InChI=1S/C12H13F2N3O3S/c1-7-10(6-18)12(17-16-7)21(19,20)15-5-8-2-3-9(13)4-11(8)14/h2-4,15,18H,5-6H2,1H3,(H,16,17). The van der Waals surface area contributed by atoms with Crippen LogP contribution in [0, 0.1) is 18.6 Å². The molecule has 0 amide bonds. The number of aromatic amines is 1. The van der Waals surface area contributed by atoms with E-state index in [0.717, 1.165) is 12.1 Å². The molecule has 0 aliphatic rings. The Labute approximate surface area is 119 Å². The van der Waals surface area contributed by atoms with Gasteiger partial charge in [0, 0.05) is 29.4 Å². The molecular weight excluding hydrogens is 304 g/mol. The zero-order valence-electron chi connectivity index (χ0n) is 11.0. The molecule has 6 nitrogen and oxygen atoms in total. The third-order valence-corrected chi connectivity index (χ3v) is 4.29. The van der Waals surface area contributed by atoms with Crippen LogP contribution in [-0.2, 0) is 23.2 Å². The molecule has 9 heteroatoms. The molecular formula is C12H13F2N3O3S. The molecule has 0 fully saturated rings. The highest BCUT2D eigenvalue weighted by Gasteiger charge is 2.23. The average Bonchev–Trinajstić information content (AvgIpc) is 2.79. The number of sulfonamides is 1. The number of hydrogen-bond donors (Lipinski definition) is 3. The predicted octanol–water partition coefficient (Wildman–Crippen LogP) is 0.967. The van der Waals surface area contributed by atoms with E-state index in [-0.39, 0.29) is 22.7 Å². The fourth-order valence-corrected chi connectivity index (χ4v) is 2.93. The summed E-state index contributed by atoms with van der Waals surface area (Å²) < 4.78 is 52.5. The molecule has 1 aromatic carbocycles. The van der Waals surface area contributed by atoms with Gasteiger partial charge in [-0.1, -0.05) is 6.07 Å². The summed E-state index contributed by atoms with van der Waals surface area (Å²) in [6, 6.07) is 2.85. The first kappa shape index (κ1) is 15.5. The summed E-state index contributed by atoms with van der Waals surface area (Å²) in [5, 5.41) is 14.9. The molecule has 1 heterocycles. The summed E-state index contributed by atoms with van der Waals surface area (Å²) in [6.07, 6.45) is 0. The number of halogens is 2. The highest BCUT2D eigenvalue weighted by atomic mass is 32.2. The van der Waals surface area contributed by atoms with Crippen molar-refractivity contribution >= 4 is 10.0 Å². The van der Waals surface area contributed by atoms with Crippen LogP contribution in [0.25, 0.3) is 0 Å². The van der Waals surface area contributed by atoms with Crippen molar-refractivity contribution in [2.75, 3.05) is 0 Å². The van der Waals surface area contributed by atoms with Gasteiger partial charge in [-0.05, 0) is 13.0 Å². The minimum absolute atomic E-state index is 0.00205. The van der Waals surface area contributed by atoms with E-state index in [4.69, 9.17) is 5.11 Å². The maximum absolute atomic E-state index is 13.4. The molecule has 0 saturated carbocycles. The molecule has 0 spiro atoms. The van der Waals surface area contributed by atoms with Crippen LogP contribution in [0.1, 0.15) is 16.8 Å². The van der Waals surface area contributed by atoms with Crippen LogP contribution in [-0.4, -0.2) is 23.7 Å². The van der Waals surface area contributed by atoms with Gasteiger partial charge < -0.3 is 5.11 Å². The highest BCUT2D eigenvalue weighted by Crippen LogP contribution is 2.17. The number of nitrogens with zero attached hydrogens (tertiary/aromatic N) is 1. The lowest BCUT2D eigenvalue weighted by Gasteiger charge is -2.07. The predicted molar refractivity (Wildman–Crippen MR) is 69.6 cm³/mol. The van der Waals surface area contributed by atoms with Crippen LogP contribution < -0.4 is 4.72 Å². The zero-order valence-corrected chi connectivity index (χ0v) is 11.8. The third-order valence-electron chi connectivity index (χ3n) is 2.92. The van der Waals surface area contributed by atoms with Crippen molar-refractivity contribution in [2.24, 2.45) is 0 Å². The van der Waals surface area contributed by atoms with E-state index in [2.05, 4.69) is 14.9 Å². The monoisotopic (exact) mass is 317 g/mol. The number of nitrogens with one attached hydrogen (secondary N) is 2. The average molecular weight is 317 g/mol. The molecule has 0 aliphatic carbocycles. The van der Waals surface area contributed by atoms with Crippen molar-refractivity contribution in [3.8, 4) is 0 Å². The number of aryl methyl sites for hydroxylation is 1. The number of hydrogen-bond acceptors (Lipinski definition) is 4. The summed E-state index contributed by atoms with van der Waals surface area (Å²) in [6.45, 7) is 0.714. The van der Waals surface area contributed by atoms with E-state index in [0.29, 0.717) is 11.8 Å². The first-order valence-corrected chi connectivity index (χ1v) is 7.41. The summed E-state index contributed by atoms with van der Waals surface area (Å²) in [5.41, 5.74) is 0.561. The molecule has 1 aromatic heterocycles. The van der Waals surface area contributed by atoms with Gasteiger partial charge in [0.1, 0.15) is 11.6 Å². The molecule has 2 rings (SSSR count). The van der Waals surface area contributed by atoms with Crippen molar-refractivity contribution in [1.82, 2.24) is 14.9 Å². The number of rotatable bonds is 5. The van der Waals surface area contributed by atoms with Gasteiger partial charge >= 0.3 is 0 Å². The number of H-pyrrole nitrogens is 1. The van der Waals surface area contributed by atoms with Crippen molar-refractivity contribution < 1.29 is 22.3 Å². The molecule has 0 atom stereocenters. The van der Waals surface area contributed by atoms with Crippen molar-refractivity contribution in [3.63, 3.8) is 0 Å². The highest BCUT2D eigenvalue weighted by molar-refractivity contribution is 7.89. The maximum atomic E-state index is 13.4. The molecule has 0 bridgehead atoms. The van der Waals surface area contributed by atoms with Gasteiger partial charge in [-0.3, -0.25) is 5.10 Å². The number of benzene rings is 1. The van der Waals surface area contributed by atoms with Crippen LogP contribution in [0.5, 0.6) is 0 Å². The Morgan fingerprint density at radius 2 is 2.10 bits per heavy atom. The number of aliphatic hydroxyl groups excluding tert-OH is 1. The van der Waals surface area contributed by atoms with Crippen molar-refractivity contribution in [2.45, 2.75) is 25.1 Å². The molecule has 0 radical (unpaired) electrons. The summed E-state index contributed by atoms with van der Waals surface area (Å²) >= 11 is 0. The van der Waals surface area contributed by atoms with Gasteiger partial charge in [0.2, 0.25) is 0 Å². The third kappa shape index (κ3) is 3.26. The van der Waals surface area contributed by atoms with Gasteiger partial charge in [0.25, 0.3) is 10.0 Å². The summed E-state index contributed by atoms with van der Waals surface area (Å²) in [7, 11) is -4.02. The minimum atomic E-state index is -4.02.